The third-order valence-corrected chi connectivity index (χ3v) is 3.79. The quantitative estimate of drug-likeness (QED) is 0.729. The van der Waals surface area contributed by atoms with Gasteiger partial charge < -0.3 is 15.4 Å². The lowest BCUT2D eigenvalue weighted by Crippen LogP contribution is -2.27. The van der Waals surface area contributed by atoms with Crippen LogP contribution >= 0.6 is 0 Å². The number of rotatable bonds is 7. The third kappa shape index (κ3) is 7.05. The van der Waals surface area contributed by atoms with E-state index in [-0.39, 0.29) is 29.1 Å². The molecule has 7 nitrogen and oxygen atoms in total. The molecule has 0 radical (unpaired) electrons. The minimum atomic E-state index is -4.47. The van der Waals surface area contributed by atoms with Crippen molar-refractivity contribution in [3.05, 3.63) is 47.8 Å². The maximum atomic E-state index is 12.5. The third-order valence-electron chi connectivity index (χ3n) is 3.79. The van der Waals surface area contributed by atoms with Crippen molar-refractivity contribution >= 4 is 17.6 Å². The molecule has 1 unspecified atom stereocenters. The van der Waals surface area contributed by atoms with E-state index < -0.39 is 24.7 Å². The Balaban J connectivity index is 2.04. The summed E-state index contributed by atoms with van der Waals surface area (Å²) in [6.45, 7) is 3.68. The van der Waals surface area contributed by atoms with Crippen LogP contribution in [-0.4, -0.2) is 34.6 Å². The van der Waals surface area contributed by atoms with Gasteiger partial charge in [-0.15, -0.1) is 0 Å². The largest absolute Gasteiger partial charge is 0.468 e. The van der Waals surface area contributed by atoms with Gasteiger partial charge in [0, 0.05) is 29.9 Å². The van der Waals surface area contributed by atoms with Crippen LogP contribution in [0.15, 0.2) is 36.7 Å². The first-order valence-corrected chi connectivity index (χ1v) is 8.78. The maximum Gasteiger partial charge on any atom is 0.422 e. The molecule has 2 amide bonds. The van der Waals surface area contributed by atoms with Crippen molar-refractivity contribution in [1.29, 1.82) is 0 Å². The van der Waals surface area contributed by atoms with Crippen molar-refractivity contribution in [3.63, 3.8) is 0 Å². The second-order valence-corrected chi connectivity index (χ2v) is 6.60. The van der Waals surface area contributed by atoms with Crippen LogP contribution in [0.25, 0.3) is 0 Å². The highest BCUT2D eigenvalue weighted by molar-refractivity contribution is 5.97. The van der Waals surface area contributed by atoms with Gasteiger partial charge in [-0.05, 0) is 30.7 Å². The Labute approximate surface area is 165 Å². The van der Waals surface area contributed by atoms with Gasteiger partial charge in [-0.1, -0.05) is 13.8 Å². The molecular weight excluding hydrogens is 389 g/mol. The van der Waals surface area contributed by atoms with Crippen molar-refractivity contribution in [2.24, 2.45) is 5.92 Å². The van der Waals surface area contributed by atoms with Gasteiger partial charge in [-0.3, -0.25) is 9.59 Å². The van der Waals surface area contributed by atoms with Crippen LogP contribution in [0.1, 0.15) is 42.7 Å². The van der Waals surface area contributed by atoms with Crippen molar-refractivity contribution in [2.45, 2.75) is 33.0 Å². The summed E-state index contributed by atoms with van der Waals surface area (Å²) in [5.41, 5.74) is 0.793. The zero-order chi connectivity index (χ0) is 21.6. The number of anilines is 1. The number of ether oxygens (including phenoxy) is 1. The molecule has 2 aromatic heterocycles. The Morgan fingerprint density at radius 1 is 1.10 bits per heavy atom. The topological polar surface area (TPSA) is 93.2 Å². The molecule has 2 heterocycles. The maximum absolute atomic E-state index is 12.5. The standard InChI is InChI=1S/C19H21F3N4O3/c1-11(2)17(27)26-15-8-14(5-6-23-15)18(28)25-12(3)13-4-7-24-16(9-13)29-10-19(20,21)22/h4-9,11-12H,10H2,1-3H3,(H,25,28)(H,23,26,27). The number of nitrogens with one attached hydrogen (secondary N) is 2. The Hall–Kier alpha value is -3.17. The van der Waals surface area contributed by atoms with Crippen molar-refractivity contribution in [1.82, 2.24) is 15.3 Å². The van der Waals surface area contributed by atoms with E-state index in [1.54, 1.807) is 26.8 Å². The SMILES string of the molecule is CC(C)C(=O)Nc1cc(C(=O)NC(C)c2ccnc(OCC(F)(F)F)c2)ccn1. The van der Waals surface area contributed by atoms with Gasteiger partial charge in [-0.25, -0.2) is 9.97 Å². The number of aromatic nitrogens is 2. The van der Waals surface area contributed by atoms with E-state index in [0.29, 0.717) is 5.56 Å². The summed E-state index contributed by atoms with van der Waals surface area (Å²) in [4.78, 5) is 32.0. The lowest BCUT2D eigenvalue weighted by Gasteiger charge is -2.16. The van der Waals surface area contributed by atoms with Crippen LogP contribution in [-0.2, 0) is 4.79 Å². The summed E-state index contributed by atoms with van der Waals surface area (Å²) in [7, 11) is 0. The molecule has 2 N–H and O–H groups in total. The Kier molecular flexibility index (Phi) is 7.13. The molecule has 29 heavy (non-hydrogen) atoms. The zero-order valence-corrected chi connectivity index (χ0v) is 16.1. The molecule has 0 saturated carbocycles. The van der Waals surface area contributed by atoms with Gasteiger partial charge in [-0.2, -0.15) is 13.2 Å². The molecular formula is C19H21F3N4O3. The summed E-state index contributed by atoms with van der Waals surface area (Å²) in [5.74, 6) is -0.852. The molecule has 0 aliphatic heterocycles. The highest BCUT2D eigenvalue weighted by atomic mass is 19.4. The summed E-state index contributed by atoms with van der Waals surface area (Å²) in [5, 5.41) is 5.34. The van der Waals surface area contributed by atoms with Gasteiger partial charge in [0.25, 0.3) is 5.91 Å². The highest BCUT2D eigenvalue weighted by Gasteiger charge is 2.28. The van der Waals surface area contributed by atoms with E-state index in [2.05, 4.69) is 25.3 Å². The lowest BCUT2D eigenvalue weighted by atomic mass is 10.1. The number of hydrogen-bond donors (Lipinski definition) is 2. The van der Waals surface area contributed by atoms with Crippen LogP contribution in [0.4, 0.5) is 19.0 Å². The van der Waals surface area contributed by atoms with Crippen molar-refractivity contribution in [3.8, 4) is 5.88 Å². The Morgan fingerprint density at radius 2 is 1.79 bits per heavy atom. The molecule has 0 aliphatic rings. The first kappa shape index (κ1) is 22.1. The molecule has 0 fully saturated rings. The van der Waals surface area contributed by atoms with E-state index in [0.717, 1.165) is 0 Å². The molecule has 0 aliphatic carbocycles. The average molecular weight is 410 g/mol. The molecule has 156 valence electrons. The molecule has 0 bridgehead atoms. The number of nitrogens with zero attached hydrogens (tertiary/aromatic N) is 2. The van der Waals surface area contributed by atoms with Gasteiger partial charge in [0.05, 0.1) is 6.04 Å². The molecule has 0 saturated heterocycles. The fraction of sp³-hybridized carbons (Fsp3) is 0.368. The van der Waals surface area contributed by atoms with Crippen LogP contribution in [0.5, 0.6) is 5.88 Å². The summed E-state index contributed by atoms with van der Waals surface area (Å²) in [6, 6.07) is 5.29. The second-order valence-electron chi connectivity index (χ2n) is 6.60. The van der Waals surface area contributed by atoms with Gasteiger partial charge in [0.15, 0.2) is 6.61 Å². The number of halogens is 3. The van der Waals surface area contributed by atoms with Crippen molar-refractivity contribution in [2.75, 3.05) is 11.9 Å². The van der Waals surface area contributed by atoms with Crippen LogP contribution in [0.2, 0.25) is 0 Å². The number of alkyl halides is 3. The number of hydrogen-bond acceptors (Lipinski definition) is 5. The zero-order valence-electron chi connectivity index (χ0n) is 16.1. The van der Waals surface area contributed by atoms with Gasteiger partial charge in [0.1, 0.15) is 5.82 Å². The normalized spacial score (nSPS) is 12.4. The number of carbonyl (C=O) groups excluding carboxylic acids is 2. The highest BCUT2D eigenvalue weighted by Crippen LogP contribution is 2.20. The molecule has 0 aromatic carbocycles. The van der Waals surface area contributed by atoms with Gasteiger partial charge >= 0.3 is 6.18 Å². The molecule has 10 heteroatoms. The second kappa shape index (κ2) is 9.35. The van der Waals surface area contributed by atoms with E-state index in [1.807, 2.05) is 0 Å². The van der Waals surface area contributed by atoms with E-state index in [9.17, 15) is 22.8 Å². The van der Waals surface area contributed by atoms with Crippen molar-refractivity contribution < 1.29 is 27.5 Å². The molecule has 2 rings (SSSR count). The fourth-order valence-corrected chi connectivity index (χ4v) is 2.20. The van der Waals surface area contributed by atoms with E-state index >= 15 is 0 Å². The summed E-state index contributed by atoms with van der Waals surface area (Å²) in [6.07, 6.45) is -1.78. The number of carbonyl (C=O) groups is 2. The molecule has 1 atom stereocenters. The minimum Gasteiger partial charge on any atom is -0.468 e. The molecule has 2 aromatic rings. The molecule has 0 spiro atoms. The monoisotopic (exact) mass is 410 g/mol. The van der Waals surface area contributed by atoms with E-state index in [4.69, 9.17) is 0 Å². The fourth-order valence-electron chi connectivity index (χ4n) is 2.20. The summed E-state index contributed by atoms with van der Waals surface area (Å²) >= 11 is 0. The van der Waals surface area contributed by atoms with Crippen LogP contribution in [0.3, 0.4) is 0 Å². The smallest absolute Gasteiger partial charge is 0.422 e. The first-order valence-electron chi connectivity index (χ1n) is 8.78. The van der Waals surface area contributed by atoms with Crippen LogP contribution in [0, 0.1) is 5.92 Å². The first-order chi connectivity index (χ1) is 13.5. The average Bonchev–Trinajstić information content (AvgIpc) is 2.66. The summed E-state index contributed by atoms with van der Waals surface area (Å²) < 4.78 is 41.5. The lowest BCUT2D eigenvalue weighted by molar-refractivity contribution is -0.154. The minimum absolute atomic E-state index is 0.191. The predicted molar refractivity (Wildman–Crippen MR) is 99.4 cm³/mol. The Bertz CT molecular complexity index is 872. The van der Waals surface area contributed by atoms with Crippen LogP contribution < -0.4 is 15.4 Å². The number of pyridine rings is 2. The van der Waals surface area contributed by atoms with E-state index in [1.165, 1.54) is 30.6 Å². The predicted octanol–water partition coefficient (Wildman–Crippen LogP) is 3.50. The Morgan fingerprint density at radius 3 is 2.45 bits per heavy atom. The van der Waals surface area contributed by atoms with Gasteiger partial charge in [0.2, 0.25) is 11.8 Å². The number of amides is 2.